The van der Waals surface area contributed by atoms with E-state index in [2.05, 4.69) is 5.32 Å². The lowest BCUT2D eigenvalue weighted by molar-refractivity contribution is -0.114. The van der Waals surface area contributed by atoms with Gasteiger partial charge in [-0.25, -0.2) is 8.42 Å². The van der Waals surface area contributed by atoms with Gasteiger partial charge in [-0.15, -0.1) is 0 Å². The molecule has 0 fully saturated rings. The Kier molecular flexibility index (Phi) is 6.20. The van der Waals surface area contributed by atoms with E-state index in [0.29, 0.717) is 29.3 Å². The van der Waals surface area contributed by atoms with Crippen LogP contribution < -0.4 is 14.4 Å². The van der Waals surface area contributed by atoms with Crippen LogP contribution in [0.15, 0.2) is 48.5 Å². The number of nitrogens with zero attached hydrogens (tertiary/aromatic N) is 2. The van der Waals surface area contributed by atoms with Gasteiger partial charge in [0.15, 0.2) is 0 Å². The number of ether oxygens (including phenoxy) is 1. The summed E-state index contributed by atoms with van der Waals surface area (Å²) in [4.78, 5) is 12.3. The smallest absolute Gasteiger partial charge is 0.245 e. The first-order chi connectivity index (χ1) is 12.3. The summed E-state index contributed by atoms with van der Waals surface area (Å²) in [7, 11) is -3.67. The van der Waals surface area contributed by atoms with E-state index in [1.807, 2.05) is 13.0 Å². The molecule has 0 aliphatic heterocycles. The molecule has 0 radical (unpaired) electrons. The number of rotatable bonds is 7. The van der Waals surface area contributed by atoms with Crippen LogP contribution in [0.25, 0.3) is 0 Å². The molecule has 8 heteroatoms. The molecule has 0 heterocycles. The van der Waals surface area contributed by atoms with Crippen LogP contribution in [0.4, 0.5) is 11.4 Å². The molecule has 1 N–H and O–H groups in total. The van der Waals surface area contributed by atoms with Gasteiger partial charge in [0.1, 0.15) is 12.3 Å². The van der Waals surface area contributed by atoms with E-state index in [0.717, 1.165) is 10.6 Å². The van der Waals surface area contributed by atoms with Crippen LogP contribution in [0.1, 0.15) is 12.5 Å². The van der Waals surface area contributed by atoms with Gasteiger partial charge in [0, 0.05) is 5.69 Å². The summed E-state index contributed by atoms with van der Waals surface area (Å²) in [6.45, 7) is 2.04. The van der Waals surface area contributed by atoms with Crippen molar-refractivity contribution < 1.29 is 17.9 Å². The number of hydrogen-bond donors (Lipinski definition) is 1. The highest BCUT2D eigenvalue weighted by Gasteiger charge is 2.21. The molecule has 1 amide bonds. The molecule has 2 aromatic rings. The normalized spacial score (nSPS) is 10.7. The van der Waals surface area contributed by atoms with Crippen molar-refractivity contribution >= 4 is 27.3 Å². The fourth-order valence-corrected chi connectivity index (χ4v) is 3.09. The second-order valence-electron chi connectivity index (χ2n) is 5.43. The van der Waals surface area contributed by atoms with Crippen LogP contribution in [-0.2, 0) is 14.8 Å². The molecule has 0 aromatic heterocycles. The van der Waals surface area contributed by atoms with Gasteiger partial charge in [-0.3, -0.25) is 9.10 Å². The van der Waals surface area contributed by atoms with Crippen LogP contribution in [0, 0.1) is 11.3 Å². The maximum absolute atomic E-state index is 12.3. The molecular weight excluding hydrogens is 354 g/mol. The Morgan fingerprint density at radius 3 is 2.27 bits per heavy atom. The first-order valence-electron chi connectivity index (χ1n) is 7.84. The van der Waals surface area contributed by atoms with E-state index >= 15 is 0 Å². The number of anilines is 2. The molecule has 0 aliphatic rings. The van der Waals surface area contributed by atoms with Crippen molar-refractivity contribution in [1.82, 2.24) is 0 Å². The summed E-state index contributed by atoms with van der Waals surface area (Å²) >= 11 is 0. The molecule has 0 spiro atoms. The van der Waals surface area contributed by atoms with Gasteiger partial charge in [0.25, 0.3) is 0 Å². The predicted octanol–water partition coefficient (Wildman–Crippen LogP) is 2.36. The molecule has 0 unspecified atom stereocenters. The number of nitriles is 1. The number of benzene rings is 2. The second-order valence-corrected chi connectivity index (χ2v) is 7.34. The molecule has 0 bridgehead atoms. The van der Waals surface area contributed by atoms with Crippen LogP contribution >= 0.6 is 0 Å². The Labute approximate surface area is 152 Å². The van der Waals surface area contributed by atoms with Crippen molar-refractivity contribution in [1.29, 1.82) is 5.26 Å². The zero-order valence-corrected chi connectivity index (χ0v) is 15.3. The fourth-order valence-electron chi connectivity index (χ4n) is 2.23. The van der Waals surface area contributed by atoms with Crippen LogP contribution in [0.3, 0.4) is 0 Å². The molecule has 0 atom stereocenters. The van der Waals surface area contributed by atoms with E-state index < -0.39 is 15.9 Å². The third-order valence-electron chi connectivity index (χ3n) is 3.42. The van der Waals surface area contributed by atoms with Gasteiger partial charge in [-0.05, 0) is 55.5 Å². The SMILES string of the molecule is CCOc1ccc(NC(=O)CN(c2ccc(C#N)cc2)S(C)(=O)=O)cc1. The lowest BCUT2D eigenvalue weighted by Crippen LogP contribution is -2.37. The lowest BCUT2D eigenvalue weighted by Gasteiger charge is -2.22. The topological polar surface area (TPSA) is 99.5 Å². The molecular formula is C18H19N3O4S. The Hall–Kier alpha value is -3.05. The zero-order valence-electron chi connectivity index (χ0n) is 14.5. The molecule has 7 nitrogen and oxygen atoms in total. The van der Waals surface area contributed by atoms with Gasteiger partial charge in [-0.1, -0.05) is 0 Å². The van der Waals surface area contributed by atoms with E-state index in [-0.39, 0.29) is 6.54 Å². The highest BCUT2D eigenvalue weighted by molar-refractivity contribution is 7.92. The van der Waals surface area contributed by atoms with Gasteiger partial charge in [-0.2, -0.15) is 5.26 Å². The molecule has 0 saturated heterocycles. The first-order valence-corrected chi connectivity index (χ1v) is 9.69. The summed E-state index contributed by atoms with van der Waals surface area (Å²) in [6.07, 6.45) is 1.02. The van der Waals surface area contributed by atoms with Crippen LogP contribution in [0.2, 0.25) is 0 Å². The molecule has 2 aromatic carbocycles. The highest BCUT2D eigenvalue weighted by atomic mass is 32.2. The molecule has 0 saturated carbocycles. The maximum atomic E-state index is 12.3. The Balaban J connectivity index is 2.12. The van der Waals surface area contributed by atoms with Gasteiger partial charge in [0.2, 0.25) is 15.9 Å². The largest absolute Gasteiger partial charge is 0.494 e. The van der Waals surface area contributed by atoms with Crippen LogP contribution in [-0.4, -0.2) is 33.7 Å². The molecule has 26 heavy (non-hydrogen) atoms. The minimum absolute atomic E-state index is 0.313. The second kappa shape index (κ2) is 8.36. The quantitative estimate of drug-likeness (QED) is 0.803. The van der Waals surface area contributed by atoms with Crippen molar-refractivity contribution in [2.45, 2.75) is 6.92 Å². The maximum Gasteiger partial charge on any atom is 0.245 e. The van der Waals surface area contributed by atoms with E-state index in [4.69, 9.17) is 10.00 Å². The summed E-state index contributed by atoms with van der Waals surface area (Å²) in [5.41, 5.74) is 1.25. The first kappa shape index (κ1) is 19.3. The van der Waals surface area contributed by atoms with Crippen molar-refractivity contribution in [3.05, 3.63) is 54.1 Å². The highest BCUT2D eigenvalue weighted by Crippen LogP contribution is 2.19. The molecule has 0 aliphatic carbocycles. The fraction of sp³-hybridized carbons (Fsp3) is 0.222. The number of nitrogens with one attached hydrogen (secondary N) is 1. The average Bonchev–Trinajstić information content (AvgIpc) is 2.61. The Morgan fingerprint density at radius 2 is 1.77 bits per heavy atom. The van der Waals surface area contributed by atoms with E-state index in [1.54, 1.807) is 24.3 Å². The van der Waals surface area contributed by atoms with Gasteiger partial charge >= 0.3 is 0 Å². The van der Waals surface area contributed by atoms with Crippen molar-refractivity contribution in [3.63, 3.8) is 0 Å². The average molecular weight is 373 g/mol. The predicted molar refractivity (Wildman–Crippen MR) is 99.6 cm³/mol. The number of amides is 1. The Morgan fingerprint density at radius 1 is 1.15 bits per heavy atom. The lowest BCUT2D eigenvalue weighted by atomic mass is 10.2. The molecule has 136 valence electrons. The van der Waals surface area contributed by atoms with E-state index in [9.17, 15) is 13.2 Å². The monoisotopic (exact) mass is 373 g/mol. The zero-order chi connectivity index (χ0) is 19.2. The third kappa shape index (κ3) is 5.22. The van der Waals surface area contributed by atoms with Crippen molar-refractivity contribution in [3.8, 4) is 11.8 Å². The third-order valence-corrected chi connectivity index (χ3v) is 4.56. The summed E-state index contributed by atoms with van der Waals surface area (Å²) in [6, 6.07) is 14.7. The number of hydrogen-bond acceptors (Lipinski definition) is 5. The number of sulfonamides is 1. The standard InChI is InChI=1S/C18H19N3O4S/c1-3-25-17-10-6-15(7-11-17)20-18(22)13-21(26(2,23)24)16-8-4-14(12-19)5-9-16/h4-11H,3,13H2,1-2H3,(H,20,22). The van der Waals surface area contributed by atoms with Crippen molar-refractivity contribution in [2.75, 3.05) is 29.0 Å². The van der Waals surface area contributed by atoms with Gasteiger partial charge < -0.3 is 10.1 Å². The summed E-state index contributed by atoms with van der Waals surface area (Å²) in [5, 5.41) is 11.5. The van der Waals surface area contributed by atoms with E-state index in [1.165, 1.54) is 24.3 Å². The van der Waals surface area contributed by atoms with Crippen LogP contribution in [0.5, 0.6) is 5.75 Å². The van der Waals surface area contributed by atoms with Gasteiger partial charge in [0.05, 0.1) is 30.2 Å². The number of carbonyl (C=O) groups is 1. The number of carbonyl (C=O) groups excluding carboxylic acids is 1. The summed E-state index contributed by atoms with van der Waals surface area (Å²) < 4.78 is 30.4. The molecule has 2 rings (SSSR count). The summed E-state index contributed by atoms with van der Waals surface area (Å²) in [5.74, 6) is 0.199. The minimum Gasteiger partial charge on any atom is -0.494 e. The minimum atomic E-state index is -3.67. The van der Waals surface area contributed by atoms with Crippen molar-refractivity contribution in [2.24, 2.45) is 0 Å². The Bertz CT molecular complexity index is 901.